The third-order valence-electron chi connectivity index (χ3n) is 7.45. The molecule has 2 saturated heterocycles. The summed E-state index contributed by atoms with van der Waals surface area (Å²) in [6, 6.07) is -0.884. The maximum Gasteiger partial charge on any atom is 0.407 e. The Hall–Kier alpha value is -2.66. The standard InChI is InChI=1S/C21H23ClFN5O5/c1-9-15-11-3-2-10(28(11)20(30)31)6-27(15)17-12-14(13(23)16(22)25-18(12)33-9)24-19(26-17)32-8-21(7-29)4-5-21/h9-11,15,29H,2-8H2,1H3,(H,30,31). The Balaban J connectivity index is 1.50. The SMILES string of the molecule is CC1Oc2nc(Cl)c(F)c3nc(OCC4(CO)CC4)nc(c23)N2CC3CCC(C12)N3C(=O)O. The number of ether oxygens (including phenoxy) is 2. The second kappa shape index (κ2) is 7.17. The van der Waals surface area contributed by atoms with Crippen LogP contribution < -0.4 is 14.4 Å². The fourth-order valence-electron chi connectivity index (χ4n) is 5.50. The molecule has 10 nitrogen and oxygen atoms in total. The van der Waals surface area contributed by atoms with Crippen LogP contribution in [0.1, 0.15) is 32.6 Å². The lowest BCUT2D eigenvalue weighted by molar-refractivity contribution is 0.0706. The van der Waals surface area contributed by atoms with Crippen molar-refractivity contribution in [3.05, 3.63) is 11.0 Å². The monoisotopic (exact) mass is 479 g/mol. The topological polar surface area (TPSA) is 121 Å². The van der Waals surface area contributed by atoms with Gasteiger partial charge >= 0.3 is 12.1 Å². The predicted molar refractivity (Wildman–Crippen MR) is 114 cm³/mol. The Labute approximate surface area is 193 Å². The summed E-state index contributed by atoms with van der Waals surface area (Å²) in [6.07, 6.45) is 1.68. The number of fused-ring (bicyclic) bond motifs is 5. The molecule has 0 aromatic carbocycles. The van der Waals surface area contributed by atoms with Crippen molar-refractivity contribution in [1.82, 2.24) is 19.9 Å². The third-order valence-corrected chi connectivity index (χ3v) is 7.70. The van der Waals surface area contributed by atoms with Crippen LogP contribution in [-0.2, 0) is 0 Å². The van der Waals surface area contributed by atoms with Crippen molar-refractivity contribution in [2.75, 3.05) is 24.7 Å². The number of carbonyl (C=O) groups is 1. The Morgan fingerprint density at radius 3 is 2.82 bits per heavy atom. The first-order chi connectivity index (χ1) is 15.8. The van der Waals surface area contributed by atoms with Crippen LogP contribution in [0.25, 0.3) is 10.9 Å². The molecule has 3 fully saturated rings. The van der Waals surface area contributed by atoms with Crippen molar-refractivity contribution in [3.8, 4) is 11.9 Å². The molecule has 4 atom stereocenters. The predicted octanol–water partition coefficient (Wildman–Crippen LogP) is 2.45. The number of carboxylic acid groups (broad SMARTS) is 1. The molecule has 2 aromatic heterocycles. The molecule has 1 aliphatic carbocycles. The number of nitrogens with zero attached hydrogens (tertiary/aromatic N) is 5. The van der Waals surface area contributed by atoms with Crippen molar-refractivity contribution in [2.24, 2.45) is 5.41 Å². The minimum atomic E-state index is -0.959. The average Bonchev–Trinajstić information content (AvgIpc) is 3.52. The summed E-state index contributed by atoms with van der Waals surface area (Å²) >= 11 is 6.06. The molecule has 3 aliphatic heterocycles. The number of aliphatic hydroxyl groups excluding tert-OH is 1. The summed E-state index contributed by atoms with van der Waals surface area (Å²) in [5.41, 5.74) is -0.363. The van der Waals surface area contributed by atoms with Crippen molar-refractivity contribution < 1.29 is 28.9 Å². The van der Waals surface area contributed by atoms with Gasteiger partial charge in [0, 0.05) is 12.0 Å². The molecule has 176 valence electrons. The van der Waals surface area contributed by atoms with Gasteiger partial charge in [-0.15, -0.1) is 0 Å². The molecule has 33 heavy (non-hydrogen) atoms. The smallest absolute Gasteiger partial charge is 0.407 e. The van der Waals surface area contributed by atoms with Crippen molar-refractivity contribution in [2.45, 2.75) is 56.8 Å². The molecular formula is C21H23ClFN5O5. The van der Waals surface area contributed by atoms with E-state index in [0.29, 0.717) is 24.2 Å². The van der Waals surface area contributed by atoms with E-state index in [4.69, 9.17) is 21.1 Å². The highest BCUT2D eigenvalue weighted by atomic mass is 35.5. The summed E-state index contributed by atoms with van der Waals surface area (Å²) in [4.78, 5) is 28.5. The van der Waals surface area contributed by atoms with E-state index in [1.807, 2.05) is 11.8 Å². The summed E-state index contributed by atoms with van der Waals surface area (Å²) in [7, 11) is 0. The van der Waals surface area contributed by atoms with Gasteiger partial charge < -0.3 is 24.6 Å². The van der Waals surface area contributed by atoms with Crippen LogP contribution >= 0.6 is 11.6 Å². The molecule has 2 aromatic rings. The second-order valence-corrected chi connectivity index (χ2v) is 9.83. The number of pyridine rings is 1. The Morgan fingerprint density at radius 1 is 1.33 bits per heavy atom. The van der Waals surface area contributed by atoms with E-state index in [1.165, 1.54) is 4.90 Å². The maximum absolute atomic E-state index is 15.1. The molecular weight excluding hydrogens is 457 g/mol. The lowest BCUT2D eigenvalue weighted by atomic mass is 9.98. The fraction of sp³-hybridized carbons (Fsp3) is 0.619. The largest absolute Gasteiger partial charge is 0.472 e. The zero-order valence-corrected chi connectivity index (χ0v) is 18.6. The van der Waals surface area contributed by atoms with Crippen molar-refractivity contribution in [1.29, 1.82) is 0 Å². The van der Waals surface area contributed by atoms with Crippen LogP contribution in [-0.4, -0.2) is 80.1 Å². The molecule has 4 aliphatic rings. The highest BCUT2D eigenvalue weighted by Crippen LogP contribution is 2.47. The van der Waals surface area contributed by atoms with Crippen LogP contribution in [0, 0.1) is 11.2 Å². The van der Waals surface area contributed by atoms with Gasteiger partial charge in [-0.05, 0) is 32.6 Å². The van der Waals surface area contributed by atoms with Crippen LogP contribution in [0.4, 0.5) is 15.0 Å². The minimum absolute atomic E-state index is 0.00433. The van der Waals surface area contributed by atoms with Crippen LogP contribution in [0.5, 0.6) is 11.9 Å². The summed E-state index contributed by atoms with van der Waals surface area (Å²) in [6.45, 7) is 2.44. The normalized spacial score (nSPS) is 28.8. The number of halogens is 2. The van der Waals surface area contributed by atoms with Gasteiger partial charge in [0.05, 0.1) is 31.3 Å². The molecule has 12 heteroatoms. The summed E-state index contributed by atoms with van der Waals surface area (Å²) < 4.78 is 27.0. The summed E-state index contributed by atoms with van der Waals surface area (Å²) in [5.74, 6) is -0.279. The summed E-state index contributed by atoms with van der Waals surface area (Å²) in [5, 5.41) is 19.3. The number of rotatable bonds is 4. The van der Waals surface area contributed by atoms with Crippen molar-refractivity contribution in [3.63, 3.8) is 0 Å². The molecule has 1 amide bonds. The van der Waals surface area contributed by atoms with E-state index in [-0.39, 0.29) is 59.3 Å². The lowest BCUT2D eigenvalue weighted by Gasteiger charge is -2.47. The van der Waals surface area contributed by atoms with Gasteiger partial charge in [0.2, 0.25) is 5.88 Å². The molecule has 2 N–H and O–H groups in total. The zero-order valence-electron chi connectivity index (χ0n) is 17.9. The van der Waals surface area contributed by atoms with E-state index in [2.05, 4.69) is 15.0 Å². The van der Waals surface area contributed by atoms with E-state index >= 15 is 4.39 Å². The second-order valence-electron chi connectivity index (χ2n) is 9.48. The van der Waals surface area contributed by atoms with Gasteiger partial charge in [-0.25, -0.2) is 9.18 Å². The van der Waals surface area contributed by atoms with Crippen LogP contribution in [0.15, 0.2) is 0 Å². The maximum atomic E-state index is 15.1. The minimum Gasteiger partial charge on any atom is -0.472 e. The molecule has 6 rings (SSSR count). The zero-order chi connectivity index (χ0) is 23.1. The average molecular weight is 480 g/mol. The van der Waals surface area contributed by atoms with Gasteiger partial charge in [0.25, 0.3) is 0 Å². The van der Waals surface area contributed by atoms with E-state index < -0.39 is 18.0 Å². The van der Waals surface area contributed by atoms with Gasteiger partial charge in [-0.3, -0.25) is 4.90 Å². The first-order valence-electron chi connectivity index (χ1n) is 11.1. The number of aliphatic hydroxyl groups is 1. The van der Waals surface area contributed by atoms with E-state index in [0.717, 1.165) is 19.3 Å². The van der Waals surface area contributed by atoms with E-state index in [9.17, 15) is 15.0 Å². The third kappa shape index (κ3) is 3.08. The highest BCUT2D eigenvalue weighted by molar-refractivity contribution is 6.30. The number of amides is 1. The Kier molecular flexibility index (Phi) is 4.54. The quantitative estimate of drug-likeness (QED) is 0.637. The van der Waals surface area contributed by atoms with Crippen LogP contribution in [0.3, 0.4) is 0 Å². The van der Waals surface area contributed by atoms with Crippen molar-refractivity contribution >= 4 is 34.4 Å². The highest BCUT2D eigenvalue weighted by Gasteiger charge is 2.53. The van der Waals surface area contributed by atoms with Gasteiger partial charge in [0.1, 0.15) is 22.8 Å². The number of aromatic nitrogens is 3. The molecule has 5 heterocycles. The Bertz CT molecular complexity index is 1160. The molecule has 1 saturated carbocycles. The molecule has 4 unspecified atom stereocenters. The molecule has 0 spiro atoms. The van der Waals surface area contributed by atoms with E-state index in [1.54, 1.807) is 0 Å². The van der Waals surface area contributed by atoms with Gasteiger partial charge in [0.15, 0.2) is 11.0 Å². The first kappa shape index (κ1) is 20.9. The molecule has 0 radical (unpaired) electrons. The first-order valence-corrected chi connectivity index (χ1v) is 11.4. The lowest BCUT2D eigenvalue weighted by Crippen LogP contribution is -2.64. The number of hydrogen-bond donors (Lipinski definition) is 2. The number of hydrogen-bond acceptors (Lipinski definition) is 8. The number of piperazine rings is 1. The Morgan fingerprint density at radius 2 is 2.12 bits per heavy atom. The molecule has 2 bridgehead atoms. The fourth-order valence-corrected chi connectivity index (χ4v) is 5.66. The number of anilines is 1. The van der Waals surface area contributed by atoms with Gasteiger partial charge in [-0.2, -0.15) is 15.0 Å². The van der Waals surface area contributed by atoms with Crippen LogP contribution in [0.2, 0.25) is 5.15 Å². The van der Waals surface area contributed by atoms with Gasteiger partial charge in [-0.1, -0.05) is 11.6 Å².